The van der Waals surface area contributed by atoms with Crippen molar-refractivity contribution in [1.82, 2.24) is 9.55 Å². The van der Waals surface area contributed by atoms with Crippen molar-refractivity contribution in [2.75, 3.05) is 7.11 Å². The van der Waals surface area contributed by atoms with Crippen molar-refractivity contribution in [3.63, 3.8) is 0 Å². The Morgan fingerprint density at radius 1 is 1.47 bits per heavy atom. The van der Waals surface area contributed by atoms with E-state index >= 15 is 0 Å². The maximum absolute atomic E-state index is 10.8. The molecule has 0 aliphatic rings. The second kappa shape index (κ2) is 3.38. The van der Waals surface area contributed by atoms with Crippen molar-refractivity contribution in [3.05, 3.63) is 23.5 Å². The SMILES string of the molecule is COc1c(C=O)ccc2c1nc(C)n2C. The Balaban J connectivity index is 2.88. The number of aldehydes is 1. The van der Waals surface area contributed by atoms with Crippen LogP contribution in [0.15, 0.2) is 12.1 Å². The highest BCUT2D eigenvalue weighted by molar-refractivity contribution is 5.92. The zero-order valence-corrected chi connectivity index (χ0v) is 8.94. The summed E-state index contributed by atoms with van der Waals surface area (Å²) in [5.41, 5.74) is 2.24. The fourth-order valence-corrected chi connectivity index (χ4v) is 1.67. The quantitative estimate of drug-likeness (QED) is 0.699. The van der Waals surface area contributed by atoms with Gasteiger partial charge in [0.2, 0.25) is 0 Å². The third-order valence-electron chi connectivity index (χ3n) is 2.59. The molecule has 0 saturated heterocycles. The minimum atomic E-state index is 0.531. The molecule has 0 unspecified atom stereocenters. The molecule has 0 bridgehead atoms. The first kappa shape index (κ1) is 9.71. The molecule has 4 heteroatoms. The maximum atomic E-state index is 10.8. The van der Waals surface area contributed by atoms with E-state index in [1.165, 1.54) is 0 Å². The monoisotopic (exact) mass is 204 g/mol. The van der Waals surface area contributed by atoms with Crippen molar-refractivity contribution in [1.29, 1.82) is 0 Å². The molecule has 4 nitrogen and oxygen atoms in total. The Kier molecular flexibility index (Phi) is 2.19. The lowest BCUT2D eigenvalue weighted by atomic mass is 10.2. The minimum Gasteiger partial charge on any atom is -0.494 e. The number of hydrogen-bond acceptors (Lipinski definition) is 3. The molecule has 0 atom stereocenters. The third kappa shape index (κ3) is 1.29. The summed E-state index contributed by atoms with van der Waals surface area (Å²) in [7, 11) is 3.48. The first-order chi connectivity index (χ1) is 7.19. The van der Waals surface area contributed by atoms with Crippen LogP contribution < -0.4 is 4.74 Å². The van der Waals surface area contributed by atoms with Crippen LogP contribution in [0.2, 0.25) is 0 Å². The number of fused-ring (bicyclic) bond motifs is 1. The lowest BCUT2D eigenvalue weighted by Gasteiger charge is -2.04. The van der Waals surface area contributed by atoms with Crippen LogP contribution in [-0.2, 0) is 7.05 Å². The smallest absolute Gasteiger partial charge is 0.157 e. The molecule has 2 aromatic rings. The third-order valence-corrected chi connectivity index (χ3v) is 2.59. The zero-order valence-electron chi connectivity index (χ0n) is 8.94. The number of aryl methyl sites for hydroxylation is 2. The van der Waals surface area contributed by atoms with Crippen LogP contribution in [0, 0.1) is 6.92 Å². The van der Waals surface area contributed by atoms with Crippen molar-refractivity contribution >= 4 is 17.3 Å². The van der Waals surface area contributed by atoms with Gasteiger partial charge in [-0.2, -0.15) is 0 Å². The molecule has 1 aromatic heterocycles. The number of rotatable bonds is 2. The Hall–Kier alpha value is -1.84. The number of carbonyl (C=O) groups excluding carboxylic acids is 1. The number of aromatic nitrogens is 2. The molecule has 0 fully saturated rings. The van der Waals surface area contributed by atoms with Gasteiger partial charge in [0.15, 0.2) is 12.0 Å². The van der Waals surface area contributed by atoms with Crippen LogP contribution in [-0.4, -0.2) is 22.9 Å². The van der Waals surface area contributed by atoms with Gasteiger partial charge in [-0.3, -0.25) is 4.79 Å². The summed E-state index contributed by atoms with van der Waals surface area (Å²) in [6, 6.07) is 3.62. The molecule has 78 valence electrons. The van der Waals surface area contributed by atoms with E-state index in [0.717, 1.165) is 23.1 Å². The fraction of sp³-hybridized carbons (Fsp3) is 0.273. The molecule has 0 N–H and O–H groups in total. The molecule has 1 heterocycles. The van der Waals surface area contributed by atoms with E-state index in [0.29, 0.717) is 11.3 Å². The number of methoxy groups -OCH3 is 1. The topological polar surface area (TPSA) is 44.1 Å². The van der Waals surface area contributed by atoms with Crippen LogP contribution in [0.1, 0.15) is 16.2 Å². The molecular weight excluding hydrogens is 192 g/mol. The van der Waals surface area contributed by atoms with Crippen molar-refractivity contribution < 1.29 is 9.53 Å². The van der Waals surface area contributed by atoms with Crippen molar-refractivity contribution in [3.8, 4) is 5.75 Å². The van der Waals surface area contributed by atoms with Gasteiger partial charge in [0.05, 0.1) is 18.2 Å². The second-order valence-electron chi connectivity index (χ2n) is 3.39. The molecule has 0 saturated carbocycles. The van der Waals surface area contributed by atoms with Gasteiger partial charge in [-0.1, -0.05) is 0 Å². The van der Waals surface area contributed by atoms with E-state index in [1.54, 1.807) is 13.2 Å². The standard InChI is InChI=1S/C11H12N2O2/c1-7-12-10-9(13(7)2)5-4-8(6-14)11(10)15-3/h4-6H,1-3H3. The van der Waals surface area contributed by atoms with Gasteiger partial charge in [0.25, 0.3) is 0 Å². The zero-order chi connectivity index (χ0) is 11.0. The molecule has 0 spiro atoms. The normalized spacial score (nSPS) is 10.6. The maximum Gasteiger partial charge on any atom is 0.157 e. The Labute approximate surface area is 87.5 Å². The lowest BCUT2D eigenvalue weighted by molar-refractivity contribution is 0.112. The second-order valence-corrected chi connectivity index (χ2v) is 3.39. The molecular formula is C11H12N2O2. The van der Waals surface area contributed by atoms with Crippen LogP contribution in [0.5, 0.6) is 5.75 Å². The molecule has 0 amide bonds. The summed E-state index contributed by atoms with van der Waals surface area (Å²) < 4.78 is 7.18. The van der Waals surface area contributed by atoms with Gasteiger partial charge < -0.3 is 9.30 Å². The Bertz CT molecular complexity index is 529. The Morgan fingerprint density at radius 2 is 2.20 bits per heavy atom. The number of nitrogens with zero attached hydrogens (tertiary/aromatic N) is 2. The van der Waals surface area contributed by atoms with E-state index in [-0.39, 0.29) is 0 Å². The van der Waals surface area contributed by atoms with E-state index in [9.17, 15) is 4.79 Å². The van der Waals surface area contributed by atoms with Crippen LogP contribution in [0.4, 0.5) is 0 Å². The highest BCUT2D eigenvalue weighted by Crippen LogP contribution is 2.28. The highest BCUT2D eigenvalue weighted by atomic mass is 16.5. The van der Waals surface area contributed by atoms with Crippen molar-refractivity contribution in [2.45, 2.75) is 6.92 Å². The minimum absolute atomic E-state index is 0.531. The summed E-state index contributed by atoms with van der Waals surface area (Å²) in [5, 5.41) is 0. The average Bonchev–Trinajstić information content (AvgIpc) is 2.54. The van der Waals surface area contributed by atoms with Crippen LogP contribution in [0.25, 0.3) is 11.0 Å². The number of ether oxygens (including phenoxy) is 1. The van der Waals surface area contributed by atoms with E-state index in [4.69, 9.17) is 4.74 Å². The number of carbonyl (C=O) groups is 1. The summed E-state index contributed by atoms with van der Waals surface area (Å²) in [6.07, 6.45) is 0.780. The van der Waals surface area contributed by atoms with Gasteiger partial charge >= 0.3 is 0 Å². The van der Waals surface area contributed by atoms with Crippen LogP contribution in [0.3, 0.4) is 0 Å². The first-order valence-electron chi connectivity index (χ1n) is 4.64. The van der Waals surface area contributed by atoms with E-state index < -0.39 is 0 Å². The lowest BCUT2D eigenvalue weighted by Crippen LogP contribution is -1.93. The molecule has 15 heavy (non-hydrogen) atoms. The fourth-order valence-electron chi connectivity index (χ4n) is 1.67. The highest BCUT2D eigenvalue weighted by Gasteiger charge is 2.12. The number of benzene rings is 1. The largest absolute Gasteiger partial charge is 0.494 e. The van der Waals surface area contributed by atoms with Crippen molar-refractivity contribution in [2.24, 2.45) is 7.05 Å². The predicted molar refractivity (Wildman–Crippen MR) is 57.4 cm³/mol. The van der Waals surface area contributed by atoms with Gasteiger partial charge in [0.1, 0.15) is 11.3 Å². The summed E-state index contributed by atoms with van der Waals surface area (Å²) in [6.45, 7) is 1.92. The predicted octanol–water partition coefficient (Wildman–Crippen LogP) is 1.70. The van der Waals surface area contributed by atoms with Crippen LogP contribution >= 0.6 is 0 Å². The molecule has 0 radical (unpaired) electrons. The number of hydrogen-bond donors (Lipinski definition) is 0. The molecule has 0 aliphatic heterocycles. The summed E-state index contributed by atoms with van der Waals surface area (Å²) in [5.74, 6) is 1.44. The Morgan fingerprint density at radius 3 is 2.80 bits per heavy atom. The van der Waals surface area contributed by atoms with Gasteiger partial charge in [-0.15, -0.1) is 0 Å². The van der Waals surface area contributed by atoms with E-state index in [1.807, 2.05) is 24.6 Å². The average molecular weight is 204 g/mol. The molecule has 2 rings (SSSR count). The molecule has 1 aromatic carbocycles. The van der Waals surface area contributed by atoms with Gasteiger partial charge in [0, 0.05) is 7.05 Å². The van der Waals surface area contributed by atoms with Gasteiger partial charge in [-0.25, -0.2) is 4.98 Å². The summed E-state index contributed by atoms with van der Waals surface area (Å²) >= 11 is 0. The van der Waals surface area contributed by atoms with Gasteiger partial charge in [-0.05, 0) is 19.1 Å². The molecule has 0 aliphatic carbocycles. The summed E-state index contributed by atoms with van der Waals surface area (Å²) in [4.78, 5) is 15.2. The first-order valence-corrected chi connectivity index (χ1v) is 4.64. The number of imidazole rings is 1. The van der Waals surface area contributed by atoms with E-state index in [2.05, 4.69) is 4.98 Å².